The van der Waals surface area contributed by atoms with Gasteiger partial charge in [-0.3, -0.25) is 9.48 Å². The molecular formula is C20H22N4O. The third-order valence-electron chi connectivity index (χ3n) is 5.39. The number of nitriles is 1. The number of anilines is 1. The summed E-state index contributed by atoms with van der Waals surface area (Å²) < 4.78 is 2.06. The van der Waals surface area contributed by atoms with E-state index in [1.54, 1.807) is 12.1 Å². The number of benzene rings is 1. The Balaban J connectivity index is 1.58. The minimum atomic E-state index is 0.135. The molecule has 5 nitrogen and oxygen atoms in total. The summed E-state index contributed by atoms with van der Waals surface area (Å²) in [6.07, 6.45) is 8.92. The van der Waals surface area contributed by atoms with Crippen LogP contribution in [0.5, 0.6) is 0 Å². The van der Waals surface area contributed by atoms with E-state index in [-0.39, 0.29) is 11.9 Å². The van der Waals surface area contributed by atoms with E-state index in [2.05, 4.69) is 15.8 Å². The second-order valence-corrected chi connectivity index (χ2v) is 6.98. The lowest BCUT2D eigenvalue weighted by Gasteiger charge is -2.37. The van der Waals surface area contributed by atoms with Gasteiger partial charge in [0, 0.05) is 29.5 Å². The van der Waals surface area contributed by atoms with Gasteiger partial charge in [-0.1, -0.05) is 0 Å². The molecule has 1 fully saturated rings. The van der Waals surface area contributed by atoms with Crippen LogP contribution in [0.1, 0.15) is 48.9 Å². The SMILES string of the molecule is N#Cc1ccc(N(C(=O)Cc2cnn3c2CCCC3)C2CCC2)cc1. The van der Waals surface area contributed by atoms with Gasteiger partial charge in [0.05, 0.1) is 24.3 Å². The number of hydrogen-bond acceptors (Lipinski definition) is 3. The number of amides is 1. The Morgan fingerprint density at radius 3 is 2.72 bits per heavy atom. The molecule has 0 bridgehead atoms. The van der Waals surface area contributed by atoms with Gasteiger partial charge in [0.1, 0.15) is 0 Å². The fourth-order valence-corrected chi connectivity index (χ4v) is 3.78. The quantitative estimate of drug-likeness (QED) is 0.862. The Hall–Kier alpha value is -2.61. The van der Waals surface area contributed by atoms with Crippen molar-refractivity contribution in [3.63, 3.8) is 0 Å². The van der Waals surface area contributed by atoms with E-state index in [0.29, 0.717) is 12.0 Å². The predicted octanol–water partition coefficient (Wildman–Crippen LogP) is 3.22. The molecule has 25 heavy (non-hydrogen) atoms. The molecule has 4 rings (SSSR count). The van der Waals surface area contributed by atoms with Crippen molar-refractivity contribution in [3.05, 3.63) is 47.3 Å². The molecule has 0 atom stereocenters. The molecule has 1 saturated carbocycles. The summed E-state index contributed by atoms with van der Waals surface area (Å²) in [6, 6.07) is 9.78. The molecule has 0 spiro atoms. The van der Waals surface area contributed by atoms with Gasteiger partial charge in [-0.15, -0.1) is 0 Å². The number of aromatic nitrogens is 2. The lowest BCUT2D eigenvalue weighted by Crippen LogP contribution is -2.45. The minimum absolute atomic E-state index is 0.135. The van der Waals surface area contributed by atoms with Crippen molar-refractivity contribution in [2.24, 2.45) is 0 Å². The van der Waals surface area contributed by atoms with Gasteiger partial charge in [0.15, 0.2) is 0 Å². The first-order valence-electron chi connectivity index (χ1n) is 9.12. The monoisotopic (exact) mass is 334 g/mol. The number of nitrogens with zero attached hydrogens (tertiary/aromatic N) is 4. The molecule has 1 aliphatic heterocycles. The van der Waals surface area contributed by atoms with E-state index in [9.17, 15) is 4.79 Å². The number of fused-ring (bicyclic) bond motifs is 1. The maximum absolute atomic E-state index is 13.1. The van der Waals surface area contributed by atoms with Crippen LogP contribution in [0.2, 0.25) is 0 Å². The highest BCUT2D eigenvalue weighted by atomic mass is 16.2. The number of rotatable bonds is 4. The third-order valence-corrected chi connectivity index (χ3v) is 5.39. The Labute approximate surface area is 147 Å². The topological polar surface area (TPSA) is 61.9 Å². The summed E-state index contributed by atoms with van der Waals surface area (Å²) in [5.41, 5.74) is 3.82. The standard InChI is InChI=1S/C20H22N4O/c21-13-15-7-9-18(10-8-15)24(17-4-3-5-17)20(25)12-16-14-22-23-11-2-1-6-19(16)23/h7-10,14,17H,1-6,11-12H2. The van der Waals surface area contributed by atoms with Gasteiger partial charge < -0.3 is 4.90 Å². The normalized spacial score (nSPS) is 16.6. The van der Waals surface area contributed by atoms with Crippen molar-refractivity contribution in [2.75, 3.05) is 4.90 Å². The molecule has 2 aromatic rings. The molecule has 0 N–H and O–H groups in total. The lowest BCUT2D eigenvalue weighted by atomic mass is 9.90. The Morgan fingerprint density at radius 2 is 2.04 bits per heavy atom. The number of aryl methyl sites for hydroxylation is 1. The van der Waals surface area contributed by atoms with Crippen LogP contribution in [-0.4, -0.2) is 21.7 Å². The van der Waals surface area contributed by atoms with Crippen LogP contribution in [0.3, 0.4) is 0 Å². The summed E-state index contributed by atoms with van der Waals surface area (Å²) in [4.78, 5) is 15.1. The van der Waals surface area contributed by atoms with Gasteiger partial charge in [-0.05, 0) is 62.8 Å². The Kier molecular flexibility index (Phi) is 4.27. The number of carbonyl (C=O) groups is 1. The molecule has 5 heteroatoms. The third kappa shape index (κ3) is 3.05. The maximum Gasteiger partial charge on any atom is 0.231 e. The van der Waals surface area contributed by atoms with E-state index < -0.39 is 0 Å². The zero-order chi connectivity index (χ0) is 17.2. The molecule has 1 amide bonds. The first-order valence-corrected chi connectivity index (χ1v) is 9.12. The molecular weight excluding hydrogens is 312 g/mol. The summed E-state index contributed by atoms with van der Waals surface area (Å²) in [5.74, 6) is 0.135. The number of carbonyl (C=O) groups excluding carboxylic acids is 1. The fourth-order valence-electron chi connectivity index (χ4n) is 3.78. The van der Waals surface area contributed by atoms with E-state index in [1.807, 2.05) is 23.2 Å². The van der Waals surface area contributed by atoms with E-state index in [4.69, 9.17) is 5.26 Å². The largest absolute Gasteiger partial charge is 0.309 e. The highest BCUT2D eigenvalue weighted by molar-refractivity contribution is 5.95. The zero-order valence-corrected chi connectivity index (χ0v) is 14.3. The van der Waals surface area contributed by atoms with Crippen LogP contribution in [-0.2, 0) is 24.2 Å². The molecule has 128 valence electrons. The van der Waals surface area contributed by atoms with Crippen LogP contribution < -0.4 is 4.90 Å². The minimum Gasteiger partial charge on any atom is -0.309 e. The first kappa shape index (κ1) is 15.9. The molecule has 0 saturated heterocycles. The van der Waals surface area contributed by atoms with Crippen molar-refractivity contribution in [3.8, 4) is 6.07 Å². The van der Waals surface area contributed by atoms with Gasteiger partial charge >= 0.3 is 0 Å². The molecule has 2 heterocycles. The van der Waals surface area contributed by atoms with Crippen molar-refractivity contribution >= 4 is 11.6 Å². The summed E-state index contributed by atoms with van der Waals surface area (Å²) >= 11 is 0. The molecule has 2 aliphatic rings. The number of hydrogen-bond donors (Lipinski definition) is 0. The van der Waals surface area contributed by atoms with Crippen LogP contribution >= 0.6 is 0 Å². The second-order valence-electron chi connectivity index (χ2n) is 6.98. The van der Waals surface area contributed by atoms with Crippen molar-refractivity contribution < 1.29 is 4.79 Å². The summed E-state index contributed by atoms with van der Waals surface area (Å²) in [5, 5.41) is 13.4. The van der Waals surface area contributed by atoms with Gasteiger partial charge in [0.25, 0.3) is 0 Å². The first-order chi connectivity index (χ1) is 12.3. The molecule has 0 unspecified atom stereocenters. The Morgan fingerprint density at radius 1 is 1.24 bits per heavy atom. The van der Waals surface area contributed by atoms with Crippen molar-refractivity contribution in [1.29, 1.82) is 5.26 Å². The maximum atomic E-state index is 13.1. The molecule has 0 radical (unpaired) electrons. The highest BCUT2D eigenvalue weighted by Crippen LogP contribution is 2.31. The zero-order valence-electron chi connectivity index (χ0n) is 14.3. The van der Waals surface area contributed by atoms with E-state index >= 15 is 0 Å². The van der Waals surface area contributed by atoms with E-state index in [0.717, 1.165) is 37.1 Å². The van der Waals surface area contributed by atoms with Crippen LogP contribution in [0.25, 0.3) is 0 Å². The van der Waals surface area contributed by atoms with Crippen LogP contribution in [0, 0.1) is 11.3 Å². The van der Waals surface area contributed by atoms with Crippen LogP contribution in [0.4, 0.5) is 5.69 Å². The average Bonchev–Trinajstić information content (AvgIpc) is 3.01. The summed E-state index contributed by atoms with van der Waals surface area (Å²) in [6.45, 7) is 0.964. The summed E-state index contributed by atoms with van der Waals surface area (Å²) in [7, 11) is 0. The van der Waals surface area contributed by atoms with Gasteiger partial charge in [0.2, 0.25) is 5.91 Å². The fraction of sp³-hybridized carbons (Fsp3) is 0.450. The Bertz CT molecular complexity index is 811. The van der Waals surface area contributed by atoms with E-state index in [1.165, 1.54) is 25.0 Å². The van der Waals surface area contributed by atoms with Crippen molar-refractivity contribution in [2.45, 2.75) is 57.5 Å². The lowest BCUT2D eigenvalue weighted by molar-refractivity contribution is -0.118. The highest BCUT2D eigenvalue weighted by Gasteiger charge is 2.31. The van der Waals surface area contributed by atoms with Crippen molar-refractivity contribution in [1.82, 2.24) is 9.78 Å². The molecule has 1 aromatic carbocycles. The smallest absolute Gasteiger partial charge is 0.231 e. The second kappa shape index (κ2) is 6.72. The van der Waals surface area contributed by atoms with Gasteiger partial charge in [-0.2, -0.15) is 10.4 Å². The molecule has 1 aliphatic carbocycles. The van der Waals surface area contributed by atoms with Gasteiger partial charge in [-0.25, -0.2) is 0 Å². The average molecular weight is 334 g/mol. The van der Waals surface area contributed by atoms with Crippen LogP contribution in [0.15, 0.2) is 30.5 Å². The molecule has 1 aromatic heterocycles. The predicted molar refractivity (Wildman–Crippen MR) is 95.2 cm³/mol.